The summed E-state index contributed by atoms with van der Waals surface area (Å²) in [5.74, 6) is 1.63. The number of hydrogen-bond donors (Lipinski definition) is 0. The van der Waals surface area contributed by atoms with E-state index in [0.29, 0.717) is 35.9 Å². The van der Waals surface area contributed by atoms with Gasteiger partial charge in [0.25, 0.3) is 5.91 Å². The van der Waals surface area contributed by atoms with Crippen LogP contribution in [-0.4, -0.2) is 38.6 Å². The number of nitrogens with zero attached hydrogens (tertiary/aromatic N) is 1. The highest BCUT2D eigenvalue weighted by molar-refractivity contribution is 5.95. The van der Waals surface area contributed by atoms with Crippen molar-refractivity contribution in [3.63, 3.8) is 0 Å². The summed E-state index contributed by atoms with van der Waals surface area (Å²) in [5, 5.41) is 0. The van der Waals surface area contributed by atoms with Gasteiger partial charge >= 0.3 is 0 Å². The Morgan fingerprint density at radius 3 is 2.48 bits per heavy atom. The molecular formula is C17H25NO3. The zero-order valence-electron chi connectivity index (χ0n) is 13.6. The maximum absolute atomic E-state index is 12.5. The van der Waals surface area contributed by atoms with Gasteiger partial charge in [-0.25, -0.2) is 0 Å². The molecule has 0 fully saturated rings. The molecular weight excluding hydrogens is 266 g/mol. The lowest BCUT2D eigenvalue weighted by Crippen LogP contribution is -2.30. The Balaban J connectivity index is 3.21. The van der Waals surface area contributed by atoms with Crippen LogP contribution < -0.4 is 9.47 Å². The monoisotopic (exact) mass is 291 g/mol. The Labute approximate surface area is 127 Å². The van der Waals surface area contributed by atoms with Crippen LogP contribution in [0.3, 0.4) is 0 Å². The van der Waals surface area contributed by atoms with Crippen molar-refractivity contribution in [2.24, 2.45) is 5.92 Å². The van der Waals surface area contributed by atoms with Crippen LogP contribution in [0.25, 0.3) is 0 Å². The van der Waals surface area contributed by atoms with E-state index in [1.807, 2.05) is 13.1 Å². The number of rotatable bonds is 7. The maximum Gasteiger partial charge on any atom is 0.253 e. The lowest BCUT2D eigenvalue weighted by Gasteiger charge is -2.21. The van der Waals surface area contributed by atoms with Crippen molar-refractivity contribution < 1.29 is 14.3 Å². The van der Waals surface area contributed by atoms with Gasteiger partial charge in [0.05, 0.1) is 14.2 Å². The van der Waals surface area contributed by atoms with Gasteiger partial charge in [-0.15, -0.1) is 6.58 Å². The Bertz CT molecular complexity index is 509. The Morgan fingerprint density at radius 2 is 2.00 bits per heavy atom. The Kier molecular flexibility index (Phi) is 6.28. The van der Waals surface area contributed by atoms with Gasteiger partial charge in [-0.05, 0) is 24.5 Å². The molecule has 116 valence electrons. The highest BCUT2D eigenvalue weighted by Crippen LogP contribution is 2.33. The summed E-state index contributed by atoms with van der Waals surface area (Å²) in [6.07, 6.45) is 2.40. The molecule has 4 heteroatoms. The van der Waals surface area contributed by atoms with Crippen LogP contribution in [0.15, 0.2) is 24.8 Å². The molecule has 0 atom stereocenters. The van der Waals surface area contributed by atoms with E-state index in [2.05, 4.69) is 20.4 Å². The number of carbonyl (C=O) groups is 1. The minimum Gasteiger partial charge on any atom is -0.493 e. The highest BCUT2D eigenvalue weighted by Gasteiger charge is 2.18. The molecule has 0 aromatic heterocycles. The van der Waals surface area contributed by atoms with Crippen LogP contribution >= 0.6 is 0 Å². The molecule has 0 aliphatic carbocycles. The maximum atomic E-state index is 12.5. The number of carbonyl (C=O) groups excluding carboxylic acids is 1. The molecule has 1 amide bonds. The molecule has 0 spiro atoms. The largest absolute Gasteiger partial charge is 0.493 e. The second kappa shape index (κ2) is 7.72. The van der Waals surface area contributed by atoms with Crippen molar-refractivity contribution in [1.82, 2.24) is 4.90 Å². The molecule has 0 saturated heterocycles. The van der Waals surface area contributed by atoms with Crippen LogP contribution in [0.1, 0.15) is 29.8 Å². The van der Waals surface area contributed by atoms with Crippen molar-refractivity contribution >= 4 is 5.91 Å². The van der Waals surface area contributed by atoms with Crippen molar-refractivity contribution in [2.75, 3.05) is 27.8 Å². The number of methoxy groups -OCH3 is 2. The number of allylic oxidation sites excluding steroid dienone is 1. The summed E-state index contributed by atoms with van der Waals surface area (Å²) in [6.45, 7) is 8.63. The first-order chi connectivity index (χ1) is 9.94. The quantitative estimate of drug-likeness (QED) is 0.724. The van der Waals surface area contributed by atoms with Crippen LogP contribution in [0.5, 0.6) is 11.5 Å². The van der Waals surface area contributed by atoms with Crippen molar-refractivity contribution in [1.29, 1.82) is 0 Å². The Hall–Kier alpha value is -1.97. The molecule has 0 saturated carbocycles. The van der Waals surface area contributed by atoms with Crippen LogP contribution in [0, 0.1) is 5.92 Å². The van der Waals surface area contributed by atoms with Gasteiger partial charge in [-0.3, -0.25) is 4.79 Å². The minimum absolute atomic E-state index is 0.0186. The molecule has 0 unspecified atom stereocenters. The zero-order valence-corrected chi connectivity index (χ0v) is 13.6. The molecule has 0 bridgehead atoms. The zero-order chi connectivity index (χ0) is 16.0. The van der Waals surface area contributed by atoms with E-state index < -0.39 is 0 Å². The minimum atomic E-state index is -0.0186. The van der Waals surface area contributed by atoms with Gasteiger partial charge in [0, 0.05) is 24.7 Å². The smallest absolute Gasteiger partial charge is 0.253 e. The fourth-order valence-electron chi connectivity index (χ4n) is 2.32. The second-order valence-corrected chi connectivity index (χ2v) is 5.44. The molecule has 0 aliphatic rings. The third-order valence-corrected chi connectivity index (χ3v) is 3.15. The predicted molar refractivity (Wildman–Crippen MR) is 85.2 cm³/mol. The van der Waals surface area contributed by atoms with E-state index in [9.17, 15) is 4.79 Å². The van der Waals surface area contributed by atoms with Gasteiger partial charge < -0.3 is 14.4 Å². The van der Waals surface area contributed by atoms with Gasteiger partial charge in [0.1, 0.15) is 0 Å². The molecule has 0 radical (unpaired) electrons. The number of benzene rings is 1. The van der Waals surface area contributed by atoms with Crippen molar-refractivity contribution in [3.05, 3.63) is 35.9 Å². The third-order valence-electron chi connectivity index (χ3n) is 3.15. The molecule has 1 aromatic rings. The summed E-state index contributed by atoms with van der Waals surface area (Å²) in [7, 11) is 4.98. The first kappa shape index (κ1) is 17.1. The summed E-state index contributed by atoms with van der Waals surface area (Å²) in [5.41, 5.74) is 1.50. The molecule has 0 heterocycles. The number of ether oxygens (including phenoxy) is 2. The van der Waals surface area contributed by atoms with E-state index in [1.54, 1.807) is 31.3 Å². The average molecular weight is 291 g/mol. The predicted octanol–water partition coefficient (Wildman–Crippen LogP) is 3.16. The first-order valence-electron chi connectivity index (χ1n) is 7.05. The molecule has 0 N–H and O–H groups in total. The number of hydrogen-bond acceptors (Lipinski definition) is 3. The normalized spacial score (nSPS) is 10.4. The van der Waals surface area contributed by atoms with E-state index in [1.165, 1.54) is 0 Å². The first-order valence-corrected chi connectivity index (χ1v) is 7.05. The summed E-state index contributed by atoms with van der Waals surface area (Å²) in [6, 6.07) is 3.58. The molecule has 4 nitrogen and oxygen atoms in total. The van der Waals surface area contributed by atoms with Crippen LogP contribution in [0.4, 0.5) is 0 Å². The summed E-state index contributed by atoms with van der Waals surface area (Å²) < 4.78 is 10.7. The molecule has 0 aliphatic heterocycles. The second-order valence-electron chi connectivity index (χ2n) is 5.44. The van der Waals surface area contributed by atoms with E-state index in [-0.39, 0.29) is 5.91 Å². The lowest BCUT2D eigenvalue weighted by atomic mass is 10.0. The van der Waals surface area contributed by atoms with E-state index in [0.717, 1.165) is 5.56 Å². The van der Waals surface area contributed by atoms with Crippen molar-refractivity contribution in [2.45, 2.75) is 20.3 Å². The SMILES string of the molecule is C=CCc1cc(C(=O)N(C)CC(C)C)cc(OC)c1OC. The number of amides is 1. The van der Waals surface area contributed by atoms with Crippen LogP contribution in [0.2, 0.25) is 0 Å². The lowest BCUT2D eigenvalue weighted by molar-refractivity contribution is 0.0778. The standard InChI is InChI=1S/C17H25NO3/c1-7-8-13-9-14(10-15(20-5)16(13)21-6)17(19)18(4)11-12(2)3/h7,9-10,12H,1,8,11H2,2-6H3. The van der Waals surface area contributed by atoms with E-state index in [4.69, 9.17) is 9.47 Å². The average Bonchev–Trinajstić information content (AvgIpc) is 2.45. The fourth-order valence-corrected chi connectivity index (χ4v) is 2.32. The molecule has 1 aromatic carbocycles. The highest BCUT2D eigenvalue weighted by atomic mass is 16.5. The van der Waals surface area contributed by atoms with Crippen LogP contribution in [-0.2, 0) is 6.42 Å². The topological polar surface area (TPSA) is 38.8 Å². The summed E-state index contributed by atoms with van der Waals surface area (Å²) >= 11 is 0. The summed E-state index contributed by atoms with van der Waals surface area (Å²) in [4.78, 5) is 14.2. The van der Waals surface area contributed by atoms with E-state index >= 15 is 0 Å². The van der Waals surface area contributed by atoms with Gasteiger partial charge in [-0.2, -0.15) is 0 Å². The Morgan fingerprint density at radius 1 is 1.33 bits per heavy atom. The fraction of sp³-hybridized carbons (Fsp3) is 0.471. The third kappa shape index (κ3) is 4.25. The molecule has 1 rings (SSSR count). The van der Waals surface area contributed by atoms with Crippen molar-refractivity contribution in [3.8, 4) is 11.5 Å². The molecule has 21 heavy (non-hydrogen) atoms. The van der Waals surface area contributed by atoms with Gasteiger partial charge in [0.15, 0.2) is 11.5 Å². The van der Waals surface area contributed by atoms with Gasteiger partial charge in [0.2, 0.25) is 0 Å². The van der Waals surface area contributed by atoms with Gasteiger partial charge in [-0.1, -0.05) is 19.9 Å².